The molecule has 0 aromatic heterocycles. The van der Waals surface area contributed by atoms with Crippen molar-refractivity contribution >= 4 is 29.9 Å². The molecule has 1 aliphatic heterocycles. The van der Waals surface area contributed by atoms with E-state index in [-0.39, 0.29) is 24.0 Å². The molecule has 1 aromatic rings. The van der Waals surface area contributed by atoms with Crippen molar-refractivity contribution in [2.45, 2.75) is 38.6 Å². The molecule has 0 radical (unpaired) electrons. The van der Waals surface area contributed by atoms with E-state index in [0.717, 1.165) is 38.0 Å². The minimum Gasteiger partial charge on any atom is -0.356 e. The van der Waals surface area contributed by atoms with Gasteiger partial charge in [0.2, 0.25) is 0 Å². The van der Waals surface area contributed by atoms with Gasteiger partial charge >= 0.3 is 0 Å². The van der Waals surface area contributed by atoms with E-state index in [1.165, 1.54) is 25.1 Å². The normalized spacial score (nSPS) is 16.4. The minimum absolute atomic E-state index is 0. The van der Waals surface area contributed by atoms with E-state index in [1.54, 1.807) is 7.05 Å². The molecular weight excluding hydrogens is 437 g/mol. The molecule has 7 heteroatoms. The van der Waals surface area contributed by atoms with E-state index >= 15 is 0 Å². The number of benzene rings is 1. The Morgan fingerprint density at radius 1 is 1.20 bits per heavy atom. The Morgan fingerprint density at radius 2 is 1.84 bits per heavy atom. The summed E-state index contributed by atoms with van der Waals surface area (Å²) in [6.45, 7) is 6.19. The summed E-state index contributed by atoms with van der Waals surface area (Å²) >= 11 is 0. The Labute approximate surface area is 166 Å². The molecule has 0 spiro atoms. The number of hydrogen-bond acceptors (Lipinski definition) is 2. The van der Waals surface area contributed by atoms with Crippen LogP contribution in [-0.4, -0.2) is 50.1 Å². The van der Waals surface area contributed by atoms with Crippen molar-refractivity contribution in [1.82, 2.24) is 15.5 Å². The molecule has 1 saturated heterocycles. The first-order chi connectivity index (χ1) is 11.6. The zero-order valence-electron chi connectivity index (χ0n) is 15.0. The molecule has 0 aliphatic carbocycles. The molecule has 1 fully saturated rings. The number of halogens is 3. The lowest BCUT2D eigenvalue weighted by Crippen LogP contribution is -2.49. The average Bonchev–Trinajstić information content (AvgIpc) is 2.55. The van der Waals surface area contributed by atoms with Gasteiger partial charge in [-0.1, -0.05) is 6.92 Å². The van der Waals surface area contributed by atoms with E-state index in [1.807, 2.05) is 0 Å². The summed E-state index contributed by atoms with van der Waals surface area (Å²) in [6.07, 6.45) is 3.96. The summed E-state index contributed by atoms with van der Waals surface area (Å²) in [5, 5.41) is 6.66. The van der Waals surface area contributed by atoms with E-state index in [4.69, 9.17) is 0 Å². The van der Waals surface area contributed by atoms with Crippen LogP contribution in [0.5, 0.6) is 0 Å². The first-order valence-electron chi connectivity index (χ1n) is 8.75. The number of aliphatic imine (C=N–C) groups is 1. The zero-order valence-corrected chi connectivity index (χ0v) is 17.4. The molecular formula is C18H29F2IN4. The zero-order chi connectivity index (χ0) is 17.4. The van der Waals surface area contributed by atoms with Crippen LogP contribution in [-0.2, 0) is 6.42 Å². The van der Waals surface area contributed by atoms with Gasteiger partial charge in [-0.3, -0.25) is 4.99 Å². The maximum absolute atomic E-state index is 13.2. The van der Waals surface area contributed by atoms with Crippen LogP contribution >= 0.6 is 24.0 Å². The van der Waals surface area contributed by atoms with Gasteiger partial charge in [0.05, 0.1) is 0 Å². The van der Waals surface area contributed by atoms with Crippen LogP contribution < -0.4 is 10.6 Å². The van der Waals surface area contributed by atoms with Crippen LogP contribution in [0.2, 0.25) is 0 Å². The average molecular weight is 466 g/mol. The smallest absolute Gasteiger partial charge is 0.191 e. The highest BCUT2D eigenvalue weighted by Gasteiger charge is 2.19. The van der Waals surface area contributed by atoms with Crippen molar-refractivity contribution in [2.75, 3.05) is 33.2 Å². The highest BCUT2D eigenvalue weighted by atomic mass is 127. The number of nitrogens with zero attached hydrogens (tertiary/aromatic N) is 2. The van der Waals surface area contributed by atoms with Crippen molar-refractivity contribution < 1.29 is 8.78 Å². The van der Waals surface area contributed by atoms with Crippen molar-refractivity contribution in [3.63, 3.8) is 0 Å². The van der Waals surface area contributed by atoms with E-state index in [0.29, 0.717) is 24.6 Å². The molecule has 0 unspecified atom stereocenters. The van der Waals surface area contributed by atoms with Crippen LogP contribution in [0.4, 0.5) is 8.78 Å². The number of hydrogen-bond donors (Lipinski definition) is 2. The van der Waals surface area contributed by atoms with E-state index in [9.17, 15) is 8.78 Å². The van der Waals surface area contributed by atoms with Crippen molar-refractivity contribution in [2.24, 2.45) is 4.99 Å². The Bertz CT molecular complexity index is 526. The van der Waals surface area contributed by atoms with Crippen molar-refractivity contribution in [3.05, 3.63) is 35.4 Å². The maximum atomic E-state index is 13.2. The third kappa shape index (κ3) is 7.85. The lowest BCUT2D eigenvalue weighted by Gasteiger charge is -2.32. The lowest BCUT2D eigenvalue weighted by atomic mass is 10.1. The van der Waals surface area contributed by atoms with E-state index < -0.39 is 11.6 Å². The third-order valence-corrected chi connectivity index (χ3v) is 4.32. The number of nitrogens with one attached hydrogen (secondary N) is 2. The maximum Gasteiger partial charge on any atom is 0.191 e. The number of guanidine groups is 1. The van der Waals surface area contributed by atoms with E-state index in [2.05, 4.69) is 27.4 Å². The largest absolute Gasteiger partial charge is 0.356 e. The van der Waals surface area contributed by atoms with Crippen LogP contribution in [0.3, 0.4) is 0 Å². The quantitative estimate of drug-likeness (QED) is 0.385. The predicted octanol–water partition coefficient (Wildman–Crippen LogP) is 3.16. The molecule has 25 heavy (non-hydrogen) atoms. The Morgan fingerprint density at radius 3 is 2.40 bits per heavy atom. The highest BCUT2D eigenvalue weighted by Crippen LogP contribution is 2.11. The first kappa shape index (κ1) is 22.1. The molecule has 0 amide bonds. The van der Waals surface area contributed by atoms with Crippen LogP contribution in [0.25, 0.3) is 0 Å². The number of rotatable bonds is 6. The Hall–Kier alpha value is -0.960. The second kappa shape index (κ2) is 11.6. The van der Waals surface area contributed by atoms with Gasteiger partial charge in [-0.15, -0.1) is 24.0 Å². The highest BCUT2D eigenvalue weighted by molar-refractivity contribution is 14.0. The predicted molar refractivity (Wildman–Crippen MR) is 110 cm³/mol. The fourth-order valence-corrected chi connectivity index (χ4v) is 3.09. The SMILES string of the molecule is CCCN1CCC(NC(=NC)NCCc2cc(F)cc(F)c2)CC1.I. The van der Waals surface area contributed by atoms with Gasteiger partial charge in [-0.05, 0) is 49.9 Å². The van der Waals surface area contributed by atoms with Gasteiger partial charge < -0.3 is 15.5 Å². The molecule has 1 aliphatic rings. The summed E-state index contributed by atoms with van der Waals surface area (Å²) in [4.78, 5) is 6.73. The molecule has 2 rings (SSSR count). The lowest BCUT2D eigenvalue weighted by molar-refractivity contribution is 0.206. The molecule has 142 valence electrons. The fourth-order valence-electron chi connectivity index (χ4n) is 3.09. The molecule has 1 aromatic carbocycles. The van der Waals surface area contributed by atoms with Gasteiger partial charge in [-0.2, -0.15) is 0 Å². The van der Waals surface area contributed by atoms with Crippen molar-refractivity contribution in [3.8, 4) is 0 Å². The summed E-state index contributed by atoms with van der Waals surface area (Å²) in [7, 11) is 1.74. The summed E-state index contributed by atoms with van der Waals surface area (Å²) in [5.74, 6) is -0.321. The molecule has 0 saturated carbocycles. The number of likely N-dealkylation sites (tertiary alicyclic amines) is 1. The Kier molecular flexibility index (Phi) is 10.3. The molecule has 1 heterocycles. The van der Waals surface area contributed by atoms with Crippen LogP contribution in [0, 0.1) is 11.6 Å². The van der Waals surface area contributed by atoms with Gasteiger partial charge in [0.15, 0.2) is 5.96 Å². The topological polar surface area (TPSA) is 39.7 Å². The summed E-state index contributed by atoms with van der Waals surface area (Å²) in [5.41, 5.74) is 0.642. The summed E-state index contributed by atoms with van der Waals surface area (Å²) in [6, 6.07) is 4.05. The second-order valence-electron chi connectivity index (χ2n) is 6.29. The first-order valence-corrected chi connectivity index (χ1v) is 8.75. The molecule has 0 bridgehead atoms. The monoisotopic (exact) mass is 466 g/mol. The molecule has 2 N–H and O–H groups in total. The molecule has 4 nitrogen and oxygen atoms in total. The van der Waals surface area contributed by atoms with Gasteiger partial charge in [-0.25, -0.2) is 8.78 Å². The second-order valence-corrected chi connectivity index (χ2v) is 6.29. The van der Waals surface area contributed by atoms with Gasteiger partial charge in [0.25, 0.3) is 0 Å². The third-order valence-electron chi connectivity index (χ3n) is 4.32. The fraction of sp³-hybridized carbons (Fsp3) is 0.611. The number of piperidine rings is 1. The van der Waals surface area contributed by atoms with Crippen LogP contribution in [0.15, 0.2) is 23.2 Å². The Balaban J connectivity index is 0.00000312. The standard InChI is InChI=1S/C18H28F2N4.HI/c1-3-8-24-9-5-17(6-10-24)23-18(21-2)22-7-4-14-11-15(19)13-16(20)12-14;/h11-13,17H,3-10H2,1-2H3,(H2,21,22,23);1H. The summed E-state index contributed by atoms with van der Waals surface area (Å²) < 4.78 is 26.4. The van der Waals surface area contributed by atoms with Crippen molar-refractivity contribution in [1.29, 1.82) is 0 Å². The minimum atomic E-state index is -0.536. The molecule has 0 atom stereocenters. The van der Waals surface area contributed by atoms with Crippen LogP contribution in [0.1, 0.15) is 31.7 Å². The van der Waals surface area contributed by atoms with Gasteiger partial charge in [0, 0.05) is 38.8 Å². The van der Waals surface area contributed by atoms with Gasteiger partial charge in [0.1, 0.15) is 11.6 Å².